The van der Waals surface area contributed by atoms with Crippen LogP contribution in [-0.4, -0.2) is 15.3 Å². The monoisotopic (exact) mass is 284 g/mol. The van der Waals surface area contributed by atoms with Gasteiger partial charge in [0.15, 0.2) is 5.78 Å². The molecule has 0 aliphatic rings. The molecule has 0 aliphatic heterocycles. The van der Waals surface area contributed by atoms with E-state index in [4.69, 9.17) is 0 Å². The van der Waals surface area contributed by atoms with E-state index in [-0.39, 0.29) is 5.78 Å². The van der Waals surface area contributed by atoms with Crippen molar-refractivity contribution in [2.45, 2.75) is 26.3 Å². The van der Waals surface area contributed by atoms with Crippen LogP contribution in [0, 0.1) is 0 Å². The SMILES string of the molecule is CCCC(=O)c1ccn(Cc2nc3ccccc3s2)c1. The van der Waals surface area contributed by atoms with Crippen LogP contribution in [0.25, 0.3) is 10.2 Å². The van der Waals surface area contributed by atoms with Gasteiger partial charge in [-0.1, -0.05) is 19.1 Å². The number of hydrogen-bond donors (Lipinski definition) is 0. The molecule has 2 heterocycles. The summed E-state index contributed by atoms with van der Waals surface area (Å²) in [6.45, 7) is 2.74. The number of benzene rings is 1. The molecule has 2 aromatic heterocycles. The summed E-state index contributed by atoms with van der Waals surface area (Å²) >= 11 is 1.70. The van der Waals surface area contributed by atoms with E-state index >= 15 is 0 Å². The van der Waals surface area contributed by atoms with Gasteiger partial charge < -0.3 is 4.57 Å². The third-order valence-corrected chi connectivity index (χ3v) is 4.23. The quantitative estimate of drug-likeness (QED) is 0.660. The van der Waals surface area contributed by atoms with Crippen LogP contribution in [-0.2, 0) is 6.54 Å². The summed E-state index contributed by atoms with van der Waals surface area (Å²) in [4.78, 5) is 16.4. The van der Waals surface area contributed by atoms with Gasteiger partial charge in [-0.05, 0) is 24.6 Å². The number of carbonyl (C=O) groups excluding carboxylic acids is 1. The second kappa shape index (κ2) is 5.59. The summed E-state index contributed by atoms with van der Waals surface area (Å²) < 4.78 is 3.23. The first kappa shape index (κ1) is 13.1. The molecular formula is C16H16N2OS. The van der Waals surface area contributed by atoms with Crippen molar-refractivity contribution < 1.29 is 4.79 Å². The number of thiazole rings is 1. The molecule has 0 saturated carbocycles. The number of para-hydroxylation sites is 1. The second-order valence-corrected chi connectivity index (χ2v) is 5.94. The largest absolute Gasteiger partial charge is 0.347 e. The van der Waals surface area contributed by atoms with Crippen LogP contribution in [0.1, 0.15) is 35.1 Å². The summed E-state index contributed by atoms with van der Waals surface area (Å²) in [5, 5.41) is 1.07. The van der Waals surface area contributed by atoms with Crippen molar-refractivity contribution in [3.05, 3.63) is 53.3 Å². The van der Waals surface area contributed by atoms with Crippen molar-refractivity contribution in [3.63, 3.8) is 0 Å². The van der Waals surface area contributed by atoms with Crippen LogP contribution in [0.2, 0.25) is 0 Å². The molecule has 0 amide bonds. The third-order valence-electron chi connectivity index (χ3n) is 3.21. The zero-order chi connectivity index (χ0) is 13.9. The Hall–Kier alpha value is -1.94. The molecule has 102 valence electrons. The van der Waals surface area contributed by atoms with Gasteiger partial charge in [-0.15, -0.1) is 11.3 Å². The fraction of sp³-hybridized carbons (Fsp3) is 0.250. The topological polar surface area (TPSA) is 34.9 Å². The molecule has 0 atom stereocenters. The zero-order valence-electron chi connectivity index (χ0n) is 11.4. The lowest BCUT2D eigenvalue weighted by molar-refractivity contribution is 0.0981. The van der Waals surface area contributed by atoms with Crippen molar-refractivity contribution in [2.24, 2.45) is 0 Å². The normalized spacial score (nSPS) is 11.1. The van der Waals surface area contributed by atoms with E-state index < -0.39 is 0 Å². The molecule has 4 heteroatoms. The summed E-state index contributed by atoms with van der Waals surface area (Å²) in [5.41, 5.74) is 1.84. The first-order valence-corrected chi connectivity index (χ1v) is 7.61. The molecule has 0 radical (unpaired) electrons. The lowest BCUT2D eigenvalue weighted by Gasteiger charge is -1.98. The van der Waals surface area contributed by atoms with Gasteiger partial charge in [-0.2, -0.15) is 0 Å². The maximum absolute atomic E-state index is 11.8. The Kier molecular flexibility index (Phi) is 3.65. The van der Waals surface area contributed by atoms with Crippen molar-refractivity contribution >= 4 is 27.3 Å². The second-order valence-electron chi connectivity index (χ2n) is 4.82. The molecule has 0 saturated heterocycles. The Balaban J connectivity index is 1.79. The first-order valence-electron chi connectivity index (χ1n) is 6.79. The van der Waals surface area contributed by atoms with Gasteiger partial charge in [0.05, 0.1) is 16.8 Å². The van der Waals surface area contributed by atoms with E-state index in [1.165, 1.54) is 4.70 Å². The Bertz CT molecular complexity index is 709. The predicted molar refractivity (Wildman–Crippen MR) is 82.4 cm³/mol. The summed E-state index contributed by atoms with van der Waals surface area (Å²) in [7, 11) is 0. The summed E-state index contributed by atoms with van der Waals surface area (Å²) in [6.07, 6.45) is 5.38. The Labute approximate surface area is 121 Å². The van der Waals surface area contributed by atoms with Crippen LogP contribution in [0.4, 0.5) is 0 Å². The highest BCUT2D eigenvalue weighted by molar-refractivity contribution is 7.18. The molecule has 3 nitrogen and oxygen atoms in total. The molecule has 20 heavy (non-hydrogen) atoms. The minimum atomic E-state index is 0.218. The predicted octanol–water partition coefficient (Wildman–Crippen LogP) is 4.13. The number of carbonyl (C=O) groups is 1. The average molecular weight is 284 g/mol. The van der Waals surface area contributed by atoms with Crippen LogP contribution in [0.15, 0.2) is 42.7 Å². The van der Waals surface area contributed by atoms with Crippen LogP contribution in [0.5, 0.6) is 0 Å². The van der Waals surface area contributed by atoms with E-state index in [9.17, 15) is 4.79 Å². The van der Waals surface area contributed by atoms with Gasteiger partial charge in [0.25, 0.3) is 0 Å². The molecule has 0 N–H and O–H groups in total. The number of rotatable bonds is 5. The highest BCUT2D eigenvalue weighted by Gasteiger charge is 2.08. The maximum Gasteiger partial charge on any atom is 0.164 e. The Morgan fingerprint density at radius 2 is 2.15 bits per heavy atom. The van der Waals surface area contributed by atoms with Gasteiger partial charge >= 0.3 is 0 Å². The van der Waals surface area contributed by atoms with Crippen molar-refractivity contribution in [1.82, 2.24) is 9.55 Å². The molecule has 1 aromatic carbocycles. The molecule has 0 fully saturated rings. The van der Waals surface area contributed by atoms with Crippen LogP contribution < -0.4 is 0 Å². The molecule has 0 spiro atoms. The highest BCUT2D eigenvalue weighted by Crippen LogP contribution is 2.22. The fourth-order valence-corrected chi connectivity index (χ4v) is 3.20. The van der Waals surface area contributed by atoms with Gasteiger partial charge in [-0.25, -0.2) is 4.98 Å². The lowest BCUT2D eigenvalue weighted by atomic mass is 10.1. The molecule has 0 bridgehead atoms. The van der Waals surface area contributed by atoms with Crippen molar-refractivity contribution in [3.8, 4) is 0 Å². The third kappa shape index (κ3) is 2.65. The zero-order valence-corrected chi connectivity index (χ0v) is 12.2. The number of ketones is 1. The van der Waals surface area contributed by atoms with E-state index in [1.807, 2.05) is 48.1 Å². The number of Topliss-reactive ketones (excluding diaryl/α,β-unsaturated/α-hetero) is 1. The molecule has 3 aromatic rings. The Morgan fingerprint density at radius 3 is 2.95 bits per heavy atom. The van der Waals surface area contributed by atoms with E-state index in [0.29, 0.717) is 6.42 Å². The number of hydrogen-bond acceptors (Lipinski definition) is 3. The van der Waals surface area contributed by atoms with Crippen molar-refractivity contribution in [1.29, 1.82) is 0 Å². The Morgan fingerprint density at radius 1 is 1.30 bits per heavy atom. The van der Waals surface area contributed by atoms with Gasteiger partial charge in [0.2, 0.25) is 0 Å². The van der Waals surface area contributed by atoms with E-state index in [1.54, 1.807) is 11.3 Å². The summed E-state index contributed by atoms with van der Waals surface area (Å²) in [5.74, 6) is 0.218. The average Bonchev–Trinajstić information content (AvgIpc) is 3.05. The van der Waals surface area contributed by atoms with E-state index in [2.05, 4.69) is 11.1 Å². The lowest BCUT2D eigenvalue weighted by Crippen LogP contribution is -1.98. The number of aromatic nitrogens is 2. The van der Waals surface area contributed by atoms with E-state index in [0.717, 1.165) is 29.1 Å². The molecule has 0 unspecified atom stereocenters. The van der Waals surface area contributed by atoms with Gasteiger partial charge in [0, 0.05) is 24.4 Å². The summed E-state index contributed by atoms with van der Waals surface area (Å²) in [6, 6.07) is 10.0. The van der Waals surface area contributed by atoms with Crippen LogP contribution >= 0.6 is 11.3 Å². The van der Waals surface area contributed by atoms with Gasteiger partial charge in [0.1, 0.15) is 5.01 Å². The number of fused-ring (bicyclic) bond motifs is 1. The number of nitrogens with zero attached hydrogens (tertiary/aromatic N) is 2. The molecular weight excluding hydrogens is 268 g/mol. The highest BCUT2D eigenvalue weighted by atomic mass is 32.1. The smallest absolute Gasteiger partial charge is 0.164 e. The maximum atomic E-state index is 11.8. The van der Waals surface area contributed by atoms with Gasteiger partial charge in [-0.3, -0.25) is 4.79 Å². The minimum absolute atomic E-state index is 0.218. The molecule has 3 rings (SSSR count). The minimum Gasteiger partial charge on any atom is -0.347 e. The van der Waals surface area contributed by atoms with Crippen molar-refractivity contribution in [2.75, 3.05) is 0 Å². The molecule has 0 aliphatic carbocycles. The standard InChI is InChI=1S/C16H16N2OS/c1-2-5-14(19)12-8-9-18(10-12)11-16-17-13-6-3-4-7-15(13)20-16/h3-4,6-10H,2,5,11H2,1H3. The first-order chi connectivity index (χ1) is 9.76. The van der Waals surface area contributed by atoms with Crippen LogP contribution in [0.3, 0.4) is 0 Å². The fourth-order valence-electron chi connectivity index (χ4n) is 2.22.